The first-order valence-corrected chi connectivity index (χ1v) is 7.91. The number of carbonyl (C=O) groups is 2. The van der Waals surface area contributed by atoms with Gasteiger partial charge in [0.05, 0.1) is 25.0 Å². The normalized spacial score (nSPS) is 16.2. The number of nitrogens with one attached hydrogen (secondary N) is 1. The van der Waals surface area contributed by atoms with Crippen LogP contribution in [0.4, 0.5) is 0 Å². The van der Waals surface area contributed by atoms with E-state index in [0.717, 1.165) is 5.56 Å². The van der Waals surface area contributed by atoms with Gasteiger partial charge in [0, 0.05) is 0 Å². The Kier molecular flexibility index (Phi) is 5.75. The Labute approximate surface area is 138 Å². The molecular weight excluding hydrogens is 318 g/mol. The predicted octanol–water partition coefficient (Wildman–Crippen LogP) is 1.81. The summed E-state index contributed by atoms with van der Waals surface area (Å²) in [5.41, 5.74) is 0.727. The summed E-state index contributed by atoms with van der Waals surface area (Å²) in [6.45, 7) is 3.52. The number of amides is 1. The summed E-state index contributed by atoms with van der Waals surface area (Å²) in [5.74, 6) is 0.508. The van der Waals surface area contributed by atoms with E-state index < -0.39 is 0 Å². The van der Waals surface area contributed by atoms with Gasteiger partial charge in [-0.25, -0.2) is 0 Å². The highest BCUT2D eigenvalue weighted by atomic mass is 32.2. The van der Waals surface area contributed by atoms with Crippen molar-refractivity contribution in [1.82, 2.24) is 5.32 Å². The van der Waals surface area contributed by atoms with Gasteiger partial charge in [0.25, 0.3) is 0 Å². The van der Waals surface area contributed by atoms with Gasteiger partial charge >= 0.3 is 5.97 Å². The minimum Gasteiger partial charge on any atom is -0.493 e. The zero-order chi connectivity index (χ0) is 16.8. The number of hydrogen-bond acceptors (Lipinski definition) is 7. The molecule has 0 spiro atoms. The van der Waals surface area contributed by atoms with Crippen molar-refractivity contribution >= 4 is 35.0 Å². The second-order valence-electron chi connectivity index (χ2n) is 4.97. The van der Waals surface area contributed by atoms with Crippen LogP contribution in [-0.4, -0.2) is 36.1 Å². The van der Waals surface area contributed by atoms with Crippen molar-refractivity contribution in [1.29, 1.82) is 0 Å². The molecule has 122 valence electrons. The molecular formula is C15H17N3O4S. The standard InChI is InChI=1S/C15H17N3O4S/c1-9(2)14(20)22-11-5-4-10(6-12(11)21-3)7-16-18-15-17-13(19)8-23-15/h4-7,9H,8H2,1-3H3,(H,17,18,19). The lowest BCUT2D eigenvalue weighted by Crippen LogP contribution is -2.19. The van der Waals surface area contributed by atoms with Crippen molar-refractivity contribution in [3.05, 3.63) is 23.8 Å². The summed E-state index contributed by atoms with van der Waals surface area (Å²) in [6, 6.07) is 5.06. The lowest BCUT2D eigenvalue weighted by Gasteiger charge is -2.11. The van der Waals surface area contributed by atoms with Gasteiger partial charge in [-0.15, -0.1) is 5.10 Å². The average molecular weight is 335 g/mol. The molecule has 1 aliphatic rings. The highest BCUT2D eigenvalue weighted by molar-refractivity contribution is 8.15. The maximum atomic E-state index is 11.7. The molecule has 1 aromatic carbocycles. The Morgan fingerprint density at radius 1 is 1.39 bits per heavy atom. The number of nitrogens with zero attached hydrogens (tertiary/aromatic N) is 2. The number of ether oxygens (including phenoxy) is 2. The van der Waals surface area contributed by atoms with Gasteiger partial charge < -0.3 is 14.8 Å². The van der Waals surface area contributed by atoms with Crippen molar-refractivity contribution in [3.63, 3.8) is 0 Å². The number of rotatable bonds is 5. The van der Waals surface area contributed by atoms with E-state index in [4.69, 9.17) is 9.47 Å². The number of thioether (sulfide) groups is 1. The molecule has 1 fully saturated rings. The topological polar surface area (TPSA) is 89.3 Å². The van der Waals surface area contributed by atoms with Gasteiger partial charge in [-0.1, -0.05) is 25.6 Å². The summed E-state index contributed by atoms with van der Waals surface area (Å²) < 4.78 is 10.5. The van der Waals surface area contributed by atoms with Gasteiger partial charge in [0.2, 0.25) is 5.91 Å². The van der Waals surface area contributed by atoms with Crippen LogP contribution in [0, 0.1) is 5.92 Å². The van der Waals surface area contributed by atoms with E-state index in [-0.39, 0.29) is 17.8 Å². The second kappa shape index (κ2) is 7.77. The van der Waals surface area contributed by atoms with Crippen LogP contribution < -0.4 is 14.8 Å². The third kappa shape index (κ3) is 4.82. The van der Waals surface area contributed by atoms with E-state index in [2.05, 4.69) is 15.5 Å². The zero-order valence-electron chi connectivity index (χ0n) is 13.0. The molecule has 1 aliphatic heterocycles. The van der Waals surface area contributed by atoms with Crippen molar-refractivity contribution in [2.45, 2.75) is 13.8 Å². The maximum Gasteiger partial charge on any atom is 0.313 e. The van der Waals surface area contributed by atoms with Gasteiger partial charge in [0.15, 0.2) is 16.7 Å². The van der Waals surface area contributed by atoms with Crippen LogP contribution in [0.5, 0.6) is 11.5 Å². The number of esters is 1. The molecule has 23 heavy (non-hydrogen) atoms. The first kappa shape index (κ1) is 17.0. The van der Waals surface area contributed by atoms with Crippen LogP contribution in [0.25, 0.3) is 0 Å². The summed E-state index contributed by atoms with van der Waals surface area (Å²) in [4.78, 5) is 22.7. The summed E-state index contributed by atoms with van der Waals surface area (Å²) in [5, 5.41) is 10.9. The predicted molar refractivity (Wildman–Crippen MR) is 89.1 cm³/mol. The fourth-order valence-electron chi connectivity index (χ4n) is 1.60. The molecule has 0 bridgehead atoms. The number of carbonyl (C=O) groups excluding carboxylic acids is 2. The molecule has 0 aliphatic carbocycles. The number of hydrogen-bond donors (Lipinski definition) is 1. The molecule has 0 atom stereocenters. The Morgan fingerprint density at radius 2 is 2.17 bits per heavy atom. The van der Waals surface area contributed by atoms with Crippen LogP contribution in [-0.2, 0) is 9.59 Å². The van der Waals surface area contributed by atoms with Crippen molar-refractivity contribution in [2.24, 2.45) is 16.1 Å². The van der Waals surface area contributed by atoms with Crippen LogP contribution in [0.1, 0.15) is 19.4 Å². The molecule has 1 N–H and O–H groups in total. The summed E-state index contributed by atoms with van der Waals surface area (Å²) in [7, 11) is 1.49. The van der Waals surface area contributed by atoms with E-state index in [9.17, 15) is 9.59 Å². The molecule has 1 amide bonds. The monoisotopic (exact) mass is 335 g/mol. The number of benzene rings is 1. The molecule has 0 aromatic heterocycles. The molecule has 1 heterocycles. The Hall–Kier alpha value is -2.35. The zero-order valence-corrected chi connectivity index (χ0v) is 13.8. The van der Waals surface area contributed by atoms with E-state index in [1.54, 1.807) is 32.0 Å². The number of amidine groups is 1. The molecule has 0 radical (unpaired) electrons. The van der Waals surface area contributed by atoms with Crippen LogP contribution in [0.15, 0.2) is 28.4 Å². The van der Waals surface area contributed by atoms with Crippen molar-refractivity contribution in [3.8, 4) is 11.5 Å². The highest BCUT2D eigenvalue weighted by Gasteiger charge is 2.16. The van der Waals surface area contributed by atoms with E-state index in [1.807, 2.05) is 0 Å². The van der Waals surface area contributed by atoms with Crippen LogP contribution in [0.2, 0.25) is 0 Å². The SMILES string of the molecule is COc1cc(C=NN=C2NC(=O)CS2)ccc1OC(=O)C(C)C. The fraction of sp³-hybridized carbons (Fsp3) is 0.333. The number of methoxy groups -OCH3 is 1. The van der Waals surface area contributed by atoms with E-state index >= 15 is 0 Å². The van der Waals surface area contributed by atoms with Crippen molar-refractivity contribution in [2.75, 3.05) is 12.9 Å². The highest BCUT2D eigenvalue weighted by Crippen LogP contribution is 2.28. The molecule has 0 saturated carbocycles. The lowest BCUT2D eigenvalue weighted by molar-refractivity contribution is -0.137. The minimum atomic E-state index is -0.329. The smallest absolute Gasteiger partial charge is 0.313 e. The Bertz CT molecular complexity index is 671. The van der Waals surface area contributed by atoms with Crippen molar-refractivity contribution < 1.29 is 19.1 Å². The van der Waals surface area contributed by atoms with Gasteiger partial charge in [-0.3, -0.25) is 9.59 Å². The molecule has 7 nitrogen and oxygen atoms in total. The Morgan fingerprint density at radius 3 is 2.78 bits per heavy atom. The van der Waals surface area contributed by atoms with Crippen LogP contribution in [0.3, 0.4) is 0 Å². The van der Waals surface area contributed by atoms with Crippen LogP contribution >= 0.6 is 11.8 Å². The van der Waals surface area contributed by atoms with E-state index in [1.165, 1.54) is 25.1 Å². The molecule has 0 unspecified atom stereocenters. The molecule has 8 heteroatoms. The minimum absolute atomic E-state index is 0.0815. The second-order valence-corrected chi connectivity index (χ2v) is 5.94. The fourth-order valence-corrected chi connectivity index (χ4v) is 2.23. The first-order chi connectivity index (χ1) is 11.0. The quantitative estimate of drug-likeness (QED) is 0.384. The van der Waals surface area contributed by atoms with Gasteiger partial charge in [-0.2, -0.15) is 5.10 Å². The maximum absolute atomic E-state index is 11.7. The van der Waals surface area contributed by atoms with Gasteiger partial charge in [0.1, 0.15) is 0 Å². The average Bonchev–Trinajstić information content (AvgIpc) is 2.93. The third-order valence-electron chi connectivity index (χ3n) is 2.81. The van der Waals surface area contributed by atoms with Gasteiger partial charge in [-0.05, 0) is 23.8 Å². The summed E-state index contributed by atoms with van der Waals surface area (Å²) in [6.07, 6.45) is 1.52. The van der Waals surface area contributed by atoms with E-state index in [0.29, 0.717) is 22.4 Å². The largest absolute Gasteiger partial charge is 0.493 e. The Balaban J connectivity index is 2.09. The molecule has 2 rings (SSSR count). The lowest BCUT2D eigenvalue weighted by atomic mass is 10.2. The summed E-state index contributed by atoms with van der Waals surface area (Å²) >= 11 is 1.30. The molecule has 1 aromatic rings. The third-order valence-corrected chi connectivity index (χ3v) is 3.68. The molecule has 1 saturated heterocycles. The first-order valence-electron chi connectivity index (χ1n) is 6.93.